The number of fused-ring (bicyclic) bond motifs is 1. The summed E-state index contributed by atoms with van der Waals surface area (Å²) in [5.41, 5.74) is 2.27. The van der Waals surface area contributed by atoms with Crippen LogP contribution in [-0.4, -0.2) is 28.5 Å². The predicted molar refractivity (Wildman–Crippen MR) is 99.6 cm³/mol. The van der Waals surface area contributed by atoms with Crippen molar-refractivity contribution in [2.24, 2.45) is 5.92 Å². The predicted octanol–water partition coefficient (Wildman–Crippen LogP) is 4.76. The molecule has 130 valence electrons. The van der Waals surface area contributed by atoms with Crippen molar-refractivity contribution in [2.45, 2.75) is 26.3 Å². The molecule has 0 bridgehead atoms. The first kappa shape index (κ1) is 16.3. The summed E-state index contributed by atoms with van der Waals surface area (Å²) in [7, 11) is 0. The number of rotatable bonds is 3. The Labute approximate surface area is 150 Å². The number of likely N-dealkylation sites (tertiary alicyclic amines) is 1. The molecule has 1 aromatic carbocycles. The molecule has 1 aliphatic heterocycles. The fourth-order valence-corrected chi connectivity index (χ4v) is 4.32. The zero-order valence-corrected chi connectivity index (χ0v) is 15.1. The maximum absolute atomic E-state index is 14.1. The Hall–Kier alpha value is -2.14. The van der Waals surface area contributed by atoms with Crippen LogP contribution >= 0.6 is 11.3 Å². The molecule has 0 aliphatic carbocycles. The highest BCUT2D eigenvalue weighted by Crippen LogP contribution is 2.28. The van der Waals surface area contributed by atoms with Crippen LogP contribution in [0.4, 0.5) is 4.39 Å². The summed E-state index contributed by atoms with van der Waals surface area (Å²) in [6, 6.07) is 10.7. The van der Waals surface area contributed by atoms with E-state index in [1.807, 2.05) is 33.0 Å². The van der Waals surface area contributed by atoms with E-state index >= 15 is 0 Å². The number of amides is 1. The summed E-state index contributed by atoms with van der Waals surface area (Å²) >= 11 is 1.62. The van der Waals surface area contributed by atoms with Crippen LogP contribution in [-0.2, 0) is 6.54 Å². The number of benzene rings is 1. The third-order valence-corrected chi connectivity index (χ3v) is 5.95. The lowest BCUT2D eigenvalue weighted by molar-refractivity contribution is 0.0687. The molecule has 0 atom stereocenters. The largest absolute Gasteiger partial charge is 0.337 e. The van der Waals surface area contributed by atoms with E-state index in [0.29, 0.717) is 23.7 Å². The molecule has 0 spiro atoms. The van der Waals surface area contributed by atoms with E-state index in [1.54, 1.807) is 23.5 Å². The Morgan fingerprint density at radius 2 is 2.00 bits per heavy atom. The lowest BCUT2D eigenvalue weighted by atomic mass is 9.99. The topological polar surface area (TPSA) is 25.2 Å². The van der Waals surface area contributed by atoms with E-state index in [1.165, 1.54) is 6.07 Å². The summed E-state index contributed by atoms with van der Waals surface area (Å²) in [4.78, 5) is 15.0. The highest BCUT2D eigenvalue weighted by molar-refractivity contribution is 7.17. The minimum absolute atomic E-state index is 0.0617. The molecule has 0 N–H and O–H groups in total. The van der Waals surface area contributed by atoms with Gasteiger partial charge in [-0.05, 0) is 42.3 Å². The fourth-order valence-electron chi connectivity index (χ4n) is 3.50. The lowest BCUT2D eigenvalue weighted by Gasteiger charge is -2.30. The number of nitrogens with zero attached hydrogens (tertiary/aromatic N) is 2. The second-order valence-corrected chi connectivity index (χ2v) is 7.80. The molecule has 25 heavy (non-hydrogen) atoms. The van der Waals surface area contributed by atoms with Crippen LogP contribution < -0.4 is 0 Å². The van der Waals surface area contributed by atoms with E-state index in [9.17, 15) is 9.18 Å². The first-order valence-corrected chi connectivity index (χ1v) is 9.61. The molecule has 1 saturated heterocycles. The normalized spacial score (nSPS) is 15.8. The van der Waals surface area contributed by atoms with Crippen molar-refractivity contribution in [3.63, 3.8) is 0 Å². The van der Waals surface area contributed by atoms with Gasteiger partial charge >= 0.3 is 0 Å². The van der Waals surface area contributed by atoms with Crippen LogP contribution in [0.2, 0.25) is 0 Å². The van der Waals surface area contributed by atoms with Crippen LogP contribution in [0.3, 0.4) is 0 Å². The number of carbonyl (C=O) groups excluding carboxylic acids is 1. The second kappa shape index (κ2) is 6.64. The van der Waals surface area contributed by atoms with Gasteiger partial charge in [0.15, 0.2) is 0 Å². The van der Waals surface area contributed by atoms with Gasteiger partial charge in [-0.1, -0.05) is 25.1 Å². The number of aromatic nitrogens is 1. The molecule has 2 aromatic heterocycles. The van der Waals surface area contributed by atoms with Gasteiger partial charge in [0.25, 0.3) is 5.91 Å². The van der Waals surface area contributed by atoms with Gasteiger partial charge in [-0.15, -0.1) is 11.3 Å². The van der Waals surface area contributed by atoms with Crippen LogP contribution in [0.1, 0.15) is 35.8 Å². The number of hydrogen-bond donors (Lipinski definition) is 0. The third-order valence-electron chi connectivity index (χ3n) is 5.10. The maximum atomic E-state index is 14.1. The summed E-state index contributed by atoms with van der Waals surface area (Å²) in [6.45, 7) is 4.22. The average molecular weight is 356 g/mol. The van der Waals surface area contributed by atoms with Crippen molar-refractivity contribution < 1.29 is 9.18 Å². The highest BCUT2D eigenvalue weighted by atomic mass is 32.1. The Bertz CT molecular complexity index is 905. The van der Waals surface area contributed by atoms with E-state index < -0.39 is 0 Å². The van der Waals surface area contributed by atoms with Crippen LogP contribution in [0.25, 0.3) is 10.2 Å². The van der Waals surface area contributed by atoms with Crippen LogP contribution in [0, 0.1) is 11.7 Å². The molecule has 1 amide bonds. The Morgan fingerprint density at radius 3 is 2.76 bits per heavy atom. The Kier molecular flexibility index (Phi) is 4.34. The first-order chi connectivity index (χ1) is 12.1. The zero-order valence-electron chi connectivity index (χ0n) is 14.2. The minimum atomic E-state index is -0.232. The molecule has 3 nitrogen and oxygen atoms in total. The first-order valence-electron chi connectivity index (χ1n) is 8.73. The molecule has 3 aromatic rings. The van der Waals surface area contributed by atoms with E-state index in [-0.39, 0.29) is 11.7 Å². The number of piperidine rings is 1. The molecular weight excluding hydrogens is 335 g/mol. The smallest absolute Gasteiger partial charge is 0.270 e. The van der Waals surface area contributed by atoms with E-state index in [0.717, 1.165) is 36.1 Å². The number of halogens is 1. The van der Waals surface area contributed by atoms with Crippen LogP contribution in [0.5, 0.6) is 0 Å². The van der Waals surface area contributed by atoms with E-state index in [2.05, 4.69) is 6.92 Å². The lowest BCUT2D eigenvalue weighted by Crippen LogP contribution is -2.38. The number of thiophene rings is 1. The van der Waals surface area contributed by atoms with Crippen molar-refractivity contribution in [3.8, 4) is 0 Å². The summed E-state index contributed by atoms with van der Waals surface area (Å²) < 4.78 is 17.2. The standard InChI is InChI=1S/C20H21FN2OS/c1-14-6-9-22(10-7-14)20(24)18-12-19-17(8-11-25-19)23(18)13-15-4-2-3-5-16(15)21/h2-5,8,11-12,14H,6-7,9-10,13H2,1H3. The number of hydrogen-bond acceptors (Lipinski definition) is 2. The monoisotopic (exact) mass is 356 g/mol. The number of carbonyl (C=O) groups is 1. The molecule has 1 fully saturated rings. The Morgan fingerprint density at radius 1 is 1.24 bits per heavy atom. The molecular formula is C20H21FN2OS. The molecule has 1 aliphatic rings. The minimum Gasteiger partial charge on any atom is -0.337 e. The molecule has 0 radical (unpaired) electrons. The Balaban J connectivity index is 1.70. The van der Waals surface area contributed by atoms with Crippen molar-refractivity contribution in [3.05, 3.63) is 58.9 Å². The van der Waals surface area contributed by atoms with Crippen molar-refractivity contribution in [1.82, 2.24) is 9.47 Å². The van der Waals surface area contributed by atoms with Gasteiger partial charge in [-0.2, -0.15) is 0 Å². The van der Waals surface area contributed by atoms with Gasteiger partial charge in [0.05, 0.1) is 16.8 Å². The van der Waals surface area contributed by atoms with Crippen molar-refractivity contribution in [2.75, 3.05) is 13.1 Å². The molecule has 5 heteroatoms. The summed E-state index contributed by atoms with van der Waals surface area (Å²) in [6.07, 6.45) is 2.10. The maximum Gasteiger partial charge on any atom is 0.270 e. The molecule has 4 rings (SSSR count). The SMILES string of the molecule is CC1CCN(C(=O)c2cc3sccc3n2Cc2ccccc2F)CC1. The zero-order chi connectivity index (χ0) is 17.4. The quantitative estimate of drug-likeness (QED) is 0.664. The van der Waals surface area contributed by atoms with Crippen molar-refractivity contribution >= 4 is 27.5 Å². The fraction of sp³-hybridized carbons (Fsp3) is 0.350. The van der Waals surface area contributed by atoms with Gasteiger partial charge in [0.1, 0.15) is 11.5 Å². The molecule has 0 unspecified atom stereocenters. The molecule has 0 saturated carbocycles. The summed E-state index contributed by atoms with van der Waals surface area (Å²) in [5.74, 6) is 0.508. The molecule has 3 heterocycles. The van der Waals surface area contributed by atoms with Gasteiger partial charge in [0.2, 0.25) is 0 Å². The van der Waals surface area contributed by atoms with Gasteiger partial charge in [0, 0.05) is 18.7 Å². The van der Waals surface area contributed by atoms with E-state index in [4.69, 9.17) is 0 Å². The highest BCUT2D eigenvalue weighted by Gasteiger charge is 2.25. The van der Waals surface area contributed by atoms with Gasteiger partial charge in [-0.25, -0.2) is 4.39 Å². The summed E-state index contributed by atoms with van der Waals surface area (Å²) in [5, 5.41) is 2.01. The second-order valence-electron chi connectivity index (χ2n) is 6.85. The average Bonchev–Trinajstić information content (AvgIpc) is 3.19. The van der Waals surface area contributed by atoms with Crippen LogP contribution in [0.15, 0.2) is 41.8 Å². The third kappa shape index (κ3) is 3.09. The van der Waals surface area contributed by atoms with Crippen molar-refractivity contribution in [1.29, 1.82) is 0 Å². The van der Waals surface area contributed by atoms with Gasteiger partial charge in [-0.3, -0.25) is 4.79 Å². The van der Waals surface area contributed by atoms with Gasteiger partial charge < -0.3 is 9.47 Å².